The molecule has 4 N–H and O–H groups in total. The predicted molar refractivity (Wildman–Crippen MR) is 69.8 cm³/mol. The minimum absolute atomic E-state index is 0.0162. The third kappa shape index (κ3) is 3.21. The van der Waals surface area contributed by atoms with Crippen molar-refractivity contribution in [2.75, 3.05) is 0 Å². The molecule has 100 valence electrons. The highest BCUT2D eigenvalue weighted by atomic mass is 19.1. The average Bonchev–Trinajstić information content (AvgIpc) is 2.32. The molecule has 1 unspecified atom stereocenters. The quantitative estimate of drug-likeness (QED) is 0.774. The summed E-state index contributed by atoms with van der Waals surface area (Å²) in [5, 5.41) is 13.2. The van der Waals surface area contributed by atoms with Crippen LogP contribution in [0.3, 0.4) is 0 Å². The maximum atomic E-state index is 12.9. The van der Waals surface area contributed by atoms with Crippen LogP contribution < -0.4 is 11.1 Å². The second-order valence-corrected chi connectivity index (χ2v) is 5.20. The van der Waals surface area contributed by atoms with Crippen molar-refractivity contribution < 1.29 is 9.50 Å². The lowest BCUT2D eigenvalue weighted by Gasteiger charge is -2.29. The molecule has 1 saturated carbocycles. The second-order valence-electron chi connectivity index (χ2n) is 5.20. The molecule has 0 amide bonds. The van der Waals surface area contributed by atoms with Gasteiger partial charge in [-0.15, -0.1) is 0 Å². The van der Waals surface area contributed by atoms with Crippen molar-refractivity contribution in [3.8, 4) is 5.75 Å². The van der Waals surface area contributed by atoms with E-state index in [1.54, 1.807) is 6.07 Å². The van der Waals surface area contributed by atoms with Gasteiger partial charge in [-0.3, -0.25) is 0 Å². The highest BCUT2D eigenvalue weighted by molar-refractivity contribution is 5.34. The Balaban J connectivity index is 1.97. The lowest BCUT2D eigenvalue weighted by molar-refractivity contribution is 0.319. The summed E-state index contributed by atoms with van der Waals surface area (Å²) in [7, 11) is 0. The molecule has 1 aromatic carbocycles. The zero-order valence-electron chi connectivity index (χ0n) is 10.7. The van der Waals surface area contributed by atoms with Crippen molar-refractivity contribution in [1.82, 2.24) is 5.32 Å². The minimum Gasteiger partial charge on any atom is -0.508 e. The van der Waals surface area contributed by atoms with Crippen molar-refractivity contribution >= 4 is 0 Å². The van der Waals surface area contributed by atoms with Crippen LogP contribution in [0.2, 0.25) is 0 Å². The van der Waals surface area contributed by atoms with Crippen LogP contribution in [0, 0.1) is 5.82 Å². The number of hydrogen-bond donors (Lipinski definition) is 3. The van der Waals surface area contributed by atoms with E-state index in [0.717, 1.165) is 37.3 Å². The van der Waals surface area contributed by atoms with Gasteiger partial charge in [-0.25, -0.2) is 4.39 Å². The highest BCUT2D eigenvalue weighted by Crippen LogP contribution is 2.27. The Morgan fingerprint density at radius 2 is 2.00 bits per heavy atom. The summed E-state index contributed by atoms with van der Waals surface area (Å²) < 4.78 is 12.9. The van der Waals surface area contributed by atoms with E-state index in [2.05, 4.69) is 5.32 Å². The Bertz CT molecular complexity index is 403. The number of nitrogens with one attached hydrogen (secondary N) is 1. The maximum absolute atomic E-state index is 12.9. The molecule has 18 heavy (non-hydrogen) atoms. The average molecular weight is 252 g/mol. The number of phenolic OH excluding ortho intramolecular Hbond substituents is 1. The van der Waals surface area contributed by atoms with Crippen LogP contribution in [0.25, 0.3) is 0 Å². The molecule has 0 saturated heterocycles. The molecular formula is C14H21FN2O. The van der Waals surface area contributed by atoms with E-state index in [1.165, 1.54) is 6.07 Å². The van der Waals surface area contributed by atoms with E-state index in [1.807, 2.05) is 6.92 Å². The SMILES string of the molecule is CC(NC1CCC(N)CC1)c1ccc(F)cc1O. The first-order valence-electron chi connectivity index (χ1n) is 6.56. The summed E-state index contributed by atoms with van der Waals surface area (Å²) in [6.45, 7) is 1.99. The summed E-state index contributed by atoms with van der Waals surface area (Å²) in [6.07, 6.45) is 4.21. The molecular weight excluding hydrogens is 231 g/mol. The van der Waals surface area contributed by atoms with Gasteiger partial charge in [0.05, 0.1) is 0 Å². The van der Waals surface area contributed by atoms with Crippen LogP contribution in [0.1, 0.15) is 44.2 Å². The fourth-order valence-electron chi connectivity index (χ4n) is 2.61. The number of halogens is 1. The van der Waals surface area contributed by atoms with E-state index in [4.69, 9.17) is 5.73 Å². The largest absolute Gasteiger partial charge is 0.508 e. The summed E-state index contributed by atoms with van der Waals surface area (Å²) >= 11 is 0. The minimum atomic E-state index is -0.410. The molecule has 0 bridgehead atoms. The molecule has 4 heteroatoms. The fraction of sp³-hybridized carbons (Fsp3) is 0.571. The molecule has 1 atom stereocenters. The van der Waals surface area contributed by atoms with Crippen LogP contribution in [-0.4, -0.2) is 17.2 Å². The van der Waals surface area contributed by atoms with Gasteiger partial charge < -0.3 is 16.2 Å². The number of rotatable bonds is 3. The Hall–Kier alpha value is -1.13. The summed E-state index contributed by atoms with van der Waals surface area (Å²) in [5.74, 6) is -0.394. The van der Waals surface area contributed by atoms with E-state index in [-0.39, 0.29) is 11.8 Å². The van der Waals surface area contributed by atoms with Gasteiger partial charge in [-0.2, -0.15) is 0 Å². The van der Waals surface area contributed by atoms with E-state index in [0.29, 0.717) is 12.1 Å². The Kier molecular flexibility index (Phi) is 4.19. The van der Waals surface area contributed by atoms with Crippen molar-refractivity contribution in [1.29, 1.82) is 0 Å². The van der Waals surface area contributed by atoms with Gasteiger partial charge >= 0.3 is 0 Å². The normalized spacial score (nSPS) is 25.9. The van der Waals surface area contributed by atoms with Gasteiger partial charge in [0.1, 0.15) is 11.6 Å². The monoisotopic (exact) mass is 252 g/mol. The van der Waals surface area contributed by atoms with Crippen molar-refractivity contribution in [3.63, 3.8) is 0 Å². The van der Waals surface area contributed by atoms with Gasteiger partial charge in [0, 0.05) is 29.8 Å². The first-order valence-corrected chi connectivity index (χ1v) is 6.56. The number of hydrogen-bond acceptors (Lipinski definition) is 3. The first kappa shape index (κ1) is 13.3. The van der Waals surface area contributed by atoms with Gasteiger partial charge in [-0.05, 0) is 38.7 Å². The molecule has 0 spiro atoms. The molecule has 0 aromatic heterocycles. The molecule has 0 heterocycles. The number of aromatic hydroxyl groups is 1. The number of nitrogens with two attached hydrogens (primary N) is 1. The van der Waals surface area contributed by atoms with E-state index >= 15 is 0 Å². The zero-order valence-corrected chi connectivity index (χ0v) is 10.7. The first-order chi connectivity index (χ1) is 8.56. The molecule has 2 rings (SSSR count). The van der Waals surface area contributed by atoms with E-state index < -0.39 is 5.82 Å². The maximum Gasteiger partial charge on any atom is 0.126 e. The van der Waals surface area contributed by atoms with Crippen LogP contribution >= 0.6 is 0 Å². The highest BCUT2D eigenvalue weighted by Gasteiger charge is 2.21. The predicted octanol–water partition coefficient (Wildman–Crippen LogP) is 2.45. The lowest BCUT2D eigenvalue weighted by atomic mass is 9.91. The van der Waals surface area contributed by atoms with Crippen LogP contribution in [0.15, 0.2) is 18.2 Å². The van der Waals surface area contributed by atoms with Gasteiger partial charge in [0.2, 0.25) is 0 Å². The van der Waals surface area contributed by atoms with Crippen LogP contribution in [0.5, 0.6) is 5.75 Å². The second kappa shape index (κ2) is 5.67. The van der Waals surface area contributed by atoms with Gasteiger partial charge in [0.15, 0.2) is 0 Å². The smallest absolute Gasteiger partial charge is 0.126 e. The topological polar surface area (TPSA) is 58.3 Å². The molecule has 0 aliphatic heterocycles. The van der Waals surface area contributed by atoms with Crippen molar-refractivity contribution in [2.24, 2.45) is 5.73 Å². The molecule has 1 aliphatic rings. The molecule has 3 nitrogen and oxygen atoms in total. The zero-order chi connectivity index (χ0) is 13.1. The standard InChI is InChI=1S/C14H21FN2O/c1-9(13-7-2-10(15)8-14(13)18)17-12-5-3-11(16)4-6-12/h2,7-9,11-12,17-18H,3-6,16H2,1H3. The van der Waals surface area contributed by atoms with Crippen molar-refractivity contribution in [3.05, 3.63) is 29.6 Å². The molecule has 1 aromatic rings. The third-order valence-corrected chi connectivity index (χ3v) is 3.72. The summed E-state index contributed by atoms with van der Waals surface area (Å²) in [5.41, 5.74) is 6.61. The Morgan fingerprint density at radius 3 is 2.61 bits per heavy atom. The molecule has 0 radical (unpaired) electrons. The van der Waals surface area contributed by atoms with Gasteiger partial charge in [-0.1, -0.05) is 6.07 Å². The summed E-state index contributed by atoms with van der Waals surface area (Å²) in [6, 6.07) is 4.96. The van der Waals surface area contributed by atoms with Crippen LogP contribution in [0.4, 0.5) is 4.39 Å². The summed E-state index contributed by atoms with van der Waals surface area (Å²) in [4.78, 5) is 0. The number of benzene rings is 1. The molecule has 1 aliphatic carbocycles. The lowest BCUT2D eigenvalue weighted by Crippen LogP contribution is -2.38. The van der Waals surface area contributed by atoms with Gasteiger partial charge in [0.25, 0.3) is 0 Å². The Labute approximate surface area is 107 Å². The number of phenols is 1. The third-order valence-electron chi connectivity index (χ3n) is 3.72. The van der Waals surface area contributed by atoms with Crippen LogP contribution in [-0.2, 0) is 0 Å². The fourth-order valence-corrected chi connectivity index (χ4v) is 2.61. The van der Waals surface area contributed by atoms with E-state index in [9.17, 15) is 9.50 Å². The molecule has 1 fully saturated rings. The van der Waals surface area contributed by atoms with Crippen molar-refractivity contribution in [2.45, 2.75) is 50.7 Å². The Morgan fingerprint density at radius 1 is 1.33 bits per heavy atom.